The molecule has 0 fully saturated rings. The van der Waals surface area contributed by atoms with Gasteiger partial charge in [-0.2, -0.15) is 0 Å². The molecular formula is C24H20N4O3S. The Morgan fingerprint density at radius 1 is 0.938 bits per heavy atom. The predicted octanol–water partition coefficient (Wildman–Crippen LogP) is 3.88. The molecular weight excluding hydrogens is 424 g/mol. The standard InChI is InChI=1S/C24H20N4O3S/c29-24(26-21-9-2-4-11-23(21)27-15-13-25-17-27)19-7-5-8-20(16-19)32(30,31)28-14-12-18-6-1-3-10-22(18)28/h1-11,13,15-17H,12,14H2,(H,26,29). The van der Waals surface area contributed by atoms with Crippen LogP contribution in [0.15, 0.2) is 96.4 Å². The molecule has 1 aromatic heterocycles. The summed E-state index contributed by atoms with van der Waals surface area (Å²) in [7, 11) is -3.78. The van der Waals surface area contributed by atoms with Gasteiger partial charge in [-0.15, -0.1) is 0 Å². The molecule has 32 heavy (non-hydrogen) atoms. The molecule has 0 bridgehead atoms. The van der Waals surface area contributed by atoms with Gasteiger partial charge in [0.25, 0.3) is 15.9 Å². The number of carbonyl (C=O) groups excluding carboxylic acids is 1. The number of aromatic nitrogens is 2. The molecule has 7 nitrogen and oxygen atoms in total. The van der Waals surface area contributed by atoms with E-state index >= 15 is 0 Å². The van der Waals surface area contributed by atoms with Crippen LogP contribution in [0, 0.1) is 0 Å². The Hall–Kier alpha value is -3.91. The maximum Gasteiger partial charge on any atom is 0.264 e. The number of anilines is 2. The molecule has 0 saturated carbocycles. The Morgan fingerprint density at radius 3 is 2.53 bits per heavy atom. The molecule has 0 atom stereocenters. The molecule has 1 aliphatic rings. The fourth-order valence-electron chi connectivity index (χ4n) is 3.88. The van der Waals surface area contributed by atoms with Crippen molar-refractivity contribution in [2.24, 2.45) is 0 Å². The summed E-state index contributed by atoms with van der Waals surface area (Å²) in [5.74, 6) is -0.392. The summed E-state index contributed by atoms with van der Waals surface area (Å²) in [6.45, 7) is 0.385. The Kier molecular flexibility index (Phi) is 4.99. The Balaban J connectivity index is 1.44. The summed E-state index contributed by atoms with van der Waals surface area (Å²) in [5, 5.41) is 2.88. The van der Waals surface area contributed by atoms with E-state index in [0.717, 1.165) is 11.3 Å². The number of nitrogens with one attached hydrogen (secondary N) is 1. The lowest BCUT2D eigenvalue weighted by molar-refractivity contribution is 0.102. The largest absolute Gasteiger partial charge is 0.320 e. The van der Waals surface area contributed by atoms with Gasteiger partial charge in [-0.1, -0.05) is 36.4 Å². The van der Waals surface area contributed by atoms with Gasteiger partial charge in [-0.25, -0.2) is 13.4 Å². The second-order valence-electron chi connectivity index (χ2n) is 7.42. The summed E-state index contributed by atoms with van der Waals surface area (Å²) < 4.78 is 29.9. The summed E-state index contributed by atoms with van der Waals surface area (Å²) in [4.78, 5) is 17.1. The Morgan fingerprint density at radius 2 is 1.72 bits per heavy atom. The van der Waals surface area contributed by atoms with Crippen LogP contribution in [-0.2, 0) is 16.4 Å². The zero-order valence-electron chi connectivity index (χ0n) is 17.0. The zero-order valence-corrected chi connectivity index (χ0v) is 17.9. The number of fused-ring (bicyclic) bond motifs is 1. The average Bonchev–Trinajstić information content (AvgIpc) is 3.50. The molecule has 3 aromatic carbocycles. The van der Waals surface area contributed by atoms with Crippen molar-refractivity contribution in [3.63, 3.8) is 0 Å². The number of para-hydroxylation sites is 3. The highest BCUT2D eigenvalue weighted by molar-refractivity contribution is 7.92. The summed E-state index contributed by atoms with van der Waals surface area (Å²) in [6.07, 6.45) is 5.75. The smallest absolute Gasteiger partial charge is 0.264 e. The first-order valence-electron chi connectivity index (χ1n) is 10.1. The van der Waals surface area contributed by atoms with Gasteiger partial charge in [0.2, 0.25) is 0 Å². The SMILES string of the molecule is O=C(Nc1ccccc1-n1ccnc1)c1cccc(S(=O)(=O)N2CCc3ccccc32)c1. The first-order valence-corrected chi connectivity index (χ1v) is 11.6. The molecule has 0 unspecified atom stereocenters. The van der Waals surface area contributed by atoms with E-state index in [4.69, 9.17) is 0 Å². The van der Waals surface area contributed by atoms with Crippen LogP contribution in [0.2, 0.25) is 0 Å². The van der Waals surface area contributed by atoms with E-state index in [9.17, 15) is 13.2 Å². The quantitative estimate of drug-likeness (QED) is 0.506. The summed E-state index contributed by atoms with van der Waals surface area (Å²) in [5.41, 5.74) is 3.31. The summed E-state index contributed by atoms with van der Waals surface area (Å²) >= 11 is 0. The van der Waals surface area contributed by atoms with Gasteiger partial charge in [0.1, 0.15) is 0 Å². The summed E-state index contributed by atoms with van der Waals surface area (Å²) in [6, 6.07) is 21.0. The van der Waals surface area contributed by atoms with Crippen LogP contribution in [0.3, 0.4) is 0 Å². The number of imidazole rings is 1. The van der Waals surface area contributed by atoms with E-state index < -0.39 is 15.9 Å². The van der Waals surface area contributed by atoms with Crippen LogP contribution in [0.4, 0.5) is 11.4 Å². The Bertz CT molecular complexity index is 1400. The minimum absolute atomic E-state index is 0.0877. The molecule has 2 heterocycles. The zero-order chi connectivity index (χ0) is 22.1. The first-order chi connectivity index (χ1) is 15.5. The number of hydrogen-bond acceptors (Lipinski definition) is 4. The second kappa shape index (κ2) is 7.97. The van der Waals surface area contributed by atoms with E-state index in [1.807, 2.05) is 42.5 Å². The molecule has 1 aliphatic heterocycles. The predicted molar refractivity (Wildman–Crippen MR) is 123 cm³/mol. The Labute approximate surface area is 186 Å². The minimum atomic E-state index is -3.78. The molecule has 0 radical (unpaired) electrons. The van der Waals surface area contributed by atoms with Gasteiger partial charge in [-0.05, 0) is 48.4 Å². The van der Waals surface area contributed by atoms with Gasteiger partial charge in [0.05, 0.1) is 28.3 Å². The lowest BCUT2D eigenvalue weighted by Gasteiger charge is -2.20. The van der Waals surface area contributed by atoms with Crippen molar-refractivity contribution in [3.8, 4) is 5.69 Å². The molecule has 5 rings (SSSR count). The third kappa shape index (κ3) is 3.54. The van der Waals surface area contributed by atoms with Gasteiger partial charge in [0, 0.05) is 24.5 Å². The van der Waals surface area contributed by atoms with E-state index in [1.165, 1.54) is 16.4 Å². The maximum atomic E-state index is 13.3. The van der Waals surface area contributed by atoms with E-state index in [-0.39, 0.29) is 10.5 Å². The third-order valence-electron chi connectivity index (χ3n) is 5.46. The maximum absolute atomic E-state index is 13.3. The molecule has 0 spiro atoms. The molecule has 160 valence electrons. The highest BCUT2D eigenvalue weighted by atomic mass is 32.2. The van der Waals surface area contributed by atoms with Crippen molar-refractivity contribution in [2.75, 3.05) is 16.2 Å². The lowest BCUT2D eigenvalue weighted by Crippen LogP contribution is -2.29. The van der Waals surface area contributed by atoms with Gasteiger partial charge in [-0.3, -0.25) is 9.10 Å². The van der Waals surface area contributed by atoms with Gasteiger partial charge < -0.3 is 9.88 Å². The second-order valence-corrected chi connectivity index (χ2v) is 9.29. The number of benzene rings is 3. The molecule has 1 amide bonds. The number of nitrogens with zero attached hydrogens (tertiary/aromatic N) is 3. The monoisotopic (exact) mass is 444 g/mol. The number of hydrogen-bond donors (Lipinski definition) is 1. The van der Waals surface area contributed by atoms with E-state index in [1.54, 1.807) is 41.5 Å². The van der Waals surface area contributed by atoms with Crippen molar-refractivity contribution in [1.29, 1.82) is 0 Å². The van der Waals surface area contributed by atoms with Crippen LogP contribution in [0.25, 0.3) is 5.69 Å². The van der Waals surface area contributed by atoms with E-state index in [2.05, 4.69) is 10.3 Å². The average molecular weight is 445 g/mol. The number of amides is 1. The minimum Gasteiger partial charge on any atom is -0.320 e. The topological polar surface area (TPSA) is 84.3 Å². The van der Waals surface area contributed by atoms with E-state index in [0.29, 0.717) is 24.3 Å². The van der Waals surface area contributed by atoms with Crippen LogP contribution < -0.4 is 9.62 Å². The molecule has 4 aromatic rings. The molecule has 1 N–H and O–H groups in total. The van der Waals surface area contributed by atoms with Gasteiger partial charge >= 0.3 is 0 Å². The first kappa shape index (κ1) is 20.0. The molecule has 0 saturated heterocycles. The highest BCUT2D eigenvalue weighted by Gasteiger charge is 2.31. The van der Waals surface area contributed by atoms with Crippen molar-refractivity contribution in [2.45, 2.75) is 11.3 Å². The van der Waals surface area contributed by atoms with Crippen LogP contribution in [0.1, 0.15) is 15.9 Å². The fourth-order valence-corrected chi connectivity index (χ4v) is 5.43. The normalized spacial score (nSPS) is 13.1. The van der Waals surface area contributed by atoms with Crippen molar-refractivity contribution in [3.05, 3.63) is 103 Å². The van der Waals surface area contributed by atoms with Crippen LogP contribution >= 0.6 is 0 Å². The number of carbonyl (C=O) groups is 1. The van der Waals surface area contributed by atoms with Crippen LogP contribution in [0.5, 0.6) is 0 Å². The molecule has 8 heteroatoms. The number of sulfonamides is 1. The fraction of sp³-hybridized carbons (Fsp3) is 0.0833. The van der Waals surface area contributed by atoms with Crippen molar-refractivity contribution >= 4 is 27.3 Å². The highest BCUT2D eigenvalue weighted by Crippen LogP contribution is 2.33. The van der Waals surface area contributed by atoms with Crippen molar-refractivity contribution in [1.82, 2.24) is 9.55 Å². The van der Waals surface area contributed by atoms with Crippen molar-refractivity contribution < 1.29 is 13.2 Å². The number of rotatable bonds is 5. The third-order valence-corrected chi connectivity index (χ3v) is 7.27. The lowest BCUT2D eigenvalue weighted by atomic mass is 10.2. The molecule has 0 aliphatic carbocycles. The van der Waals surface area contributed by atoms with Gasteiger partial charge in [0.15, 0.2) is 0 Å². The van der Waals surface area contributed by atoms with Crippen LogP contribution in [-0.4, -0.2) is 30.4 Å².